The van der Waals surface area contributed by atoms with E-state index in [0.717, 1.165) is 12.1 Å². The van der Waals surface area contributed by atoms with E-state index in [1.54, 1.807) is 0 Å². The van der Waals surface area contributed by atoms with Gasteiger partial charge in [0.1, 0.15) is 0 Å². The highest BCUT2D eigenvalue weighted by atomic mass is 19.4. The van der Waals surface area contributed by atoms with Gasteiger partial charge in [-0.15, -0.1) is 0 Å². The number of carbonyl (C=O) groups is 1. The number of nitrogens with one attached hydrogen (secondary N) is 1. The summed E-state index contributed by atoms with van der Waals surface area (Å²) in [5, 5.41) is 3.01. The van der Waals surface area contributed by atoms with Crippen LogP contribution in [0.5, 0.6) is 0 Å². The third-order valence-electron chi connectivity index (χ3n) is 3.72. The van der Waals surface area contributed by atoms with Gasteiger partial charge in [0.15, 0.2) is 0 Å². The third kappa shape index (κ3) is 3.87. The van der Waals surface area contributed by atoms with Crippen molar-refractivity contribution in [2.45, 2.75) is 32.5 Å². The first-order valence-electron chi connectivity index (χ1n) is 6.50. The first kappa shape index (κ1) is 17.3. The second-order valence-electron chi connectivity index (χ2n) is 5.52. The van der Waals surface area contributed by atoms with Crippen LogP contribution in [0.1, 0.15) is 36.7 Å². The molecule has 0 heterocycles. The van der Waals surface area contributed by atoms with E-state index in [-0.39, 0.29) is 18.2 Å². The molecule has 1 amide bonds. The number of anilines is 1. The summed E-state index contributed by atoms with van der Waals surface area (Å²) in [6, 6.07) is 3.35. The number of hydrogen-bond donors (Lipinski definition) is 3. The molecule has 0 fully saturated rings. The maximum absolute atomic E-state index is 13.0. The largest absolute Gasteiger partial charge is 0.417 e. The second kappa shape index (κ2) is 5.93. The van der Waals surface area contributed by atoms with Crippen LogP contribution in [0, 0.1) is 5.92 Å². The first-order valence-corrected chi connectivity index (χ1v) is 6.50. The molecule has 1 unspecified atom stereocenters. The van der Waals surface area contributed by atoms with Crippen LogP contribution in [0.4, 0.5) is 18.9 Å². The summed E-state index contributed by atoms with van der Waals surface area (Å²) in [6.45, 7) is 5.92. The van der Waals surface area contributed by atoms with E-state index >= 15 is 0 Å². The summed E-state index contributed by atoms with van der Waals surface area (Å²) < 4.78 is 39.0. The van der Waals surface area contributed by atoms with E-state index in [9.17, 15) is 18.0 Å². The lowest BCUT2D eigenvalue weighted by atomic mass is 9.88. The lowest BCUT2D eigenvalue weighted by Gasteiger charge is -2.35. The number of benzene rings is 1. The Balaban J connectivity index is 3.26. The molecule has 0 radical (unpaired) electrons. The van der Waals surface area contributed by atoms with Crippen LogP contribution >= 0.6 is 0 Å². The van der Waals surface area contributed by atoms with Gasteiger partial charge in [-0.1, -0.05) is 13.8 Å². The monoisotopic (exact) mass is 303 g/mol. The zero-order valence-electron chi connectivity index (χ0n) is 12.2. The Morgan fingerprint density at radius 1 is 1.33 bits per heavy atom. The van der Waals surface area contributed by atoms with Crippen LogP contribution in [-0.4, -0.2) is 18.0 Å². The van der Waals surface area contributed by atoms with Crippen molar-refractivity contribution in [3.63, 3.8) is 0 Å². The Kier molecular flexibility index (Phi) is 4.88. The predicted molar refractivity (Wildman–Crippen MR) is 75.9 cm³/mol. The lowest BCUT2D eigenvalue weighted by Crippen LogP contribution is -2.47. The highest BCUT2D eigenvalue weighted by molar-refractivity contribution is 5.95. The van der Waals surface area contributed by atoms with Crippen LogP contribution in [0.15, 0.2) is 18.2 Å². The van der Waals surface area contributed by atoms with Gasteiger partial charge in [0, 0.05) is 17.8 Å². The standard InChI is InChI=1S/C14H20F3N3O/c1-8(2)13(3,7-18)20-9-4-5-10(12(19)21)11(6-9)14(15,16)17/h4-6,8,20H,7,18H2,1-3H3,(H2,19,21). The molecule has 21 heavy (non-hydrogen) atoms. The van der Waals surface area contributed by atoms with Gasteiger partial charge < -0.3 is 16.8 Å². The van der Waals surface area contributed by atoms with E-state index in [1.807, 2.05) is 20.8 Å². The summed E-state index contributed by atoms with van der Waals surface area (Å²) in [5.74, 6) is -1.01. The van der Waals surface area contributed by atoms with E-state index in [2.05, 4.69) is 5.32 Å². The Hall–Kier alpha value is -1.76. The fourth-order valence-corrected chi connectivity index (χ4v) is 1.83. The van der Waals surface area contributed by atoms with Crippen molar-refractivity contribution < 1.29 is 18.0 Å². The summed E-state index contributed by atoms with van der Waals surface area (Å²) in [4.78, 5) is 11.1. The number of nitrogens with two attached hydrogens (primary N) is 2. The normalized spacial score (nSPS) is 14.9. The first-order chi connectivity index (χ1) is 9.51. The molecule has 0 saturated heterocycles. The van der Waals surface area contributed by atoms with E-state index in [0.29, 0.717) is 0 Å². The number of amides is 1. The predicted octanol–water partition coefficient (Wildman–Crippen LogP) is 2.59. The Labute approximate surface area is 121 Å². The van der Waals surface area contributed by atoms with Crippen molar-refractivity contribution in [2.75, 3.05) is 11.9 Å². The summed E-state index contributed by atoms with van der Waals surface area (Å²) in [5.41, 5.74) is 8.77. The van der Waals surface area contributed by atoms with E-state index in [4.69, 9.17) is 11.5 Å². The molecule has 1 aromatic rings. The maximum Gasteiger partial charge on any atom is 0.417 e. The van der Waals surface area contributed by atoms with Gasteiger partial charge >= 0.3 is 6.18 Å². The molecule has 118 valence electrons. The van der Waals surface area contributed by atoms with Gasteiger partial charge in [0.25, 0.3) is 0 Å². The molecular weight excluding hydrogens is 283 g/mol. The molecule has 1 aromatic carbocycles. The number of carbonyl (C=O) groups excluding carboxylic acids is 1. The maximum atomic E-state index is 13.0. The van der Waals surface area contributed by atoms with Crippen LogP contribution in [0.25, 0.3) is 0 Å². The minimum Gasteiger partial charge on any atom is -0.378 e. The summed E-state index contributed by atoms with van der Waals surface area (Å²) in [7, 11) is 0. The summed E-state index contributed by atoms with van der Waals surface area (Å²) in [6.07, 6.45) is -4.65. The van der Waals surface area contributed by atoms with Gasteiger partial charge in [-0.3, -0.25) is 4.79 Å². The fourth-order valence-electron chi connectivity index (χ4n) is 1.83. The average Bonchev–Trinajstić information content (AvgIpc) is 2.37. The molecule has 0 aliphatic rings. The van der Waals surface area contributed by atoms with Crippen molar-refractivity contribution in [3.05, 3.63) is 29.3 Å². The Morgan fingerprint density at radius 2 is 1.90 bits per heavy atom. The van der Waals surface area contributed by atoms with Gasteiger partial charge in [0.2, 0.25) is 5.91 Å². The van der Waals surface area contributed by atoms with Crippen LogP contribution in [0.3, 0.4) is 0 Å². The van der Waals surface area contributed by atoms with Crippen molar-refractivity contribution in [3.8, 4) is 0 Å². The molecule has 0 saturated carbocycles. The zero-order valence-corrected chi connectivity index (χ0v) is 12.2. The molecule has 0 aliphatic heterocycles. The third-order valence-corrected chi connectivity index (χ3v) is 3.72. The summed E-state index contributed by atoms with van der Waals surface area (Å²) >= 11 is 0. The van der Waals surface area contributed by atoms with E-state index in [1.165, 1.54) is 6.07 Å². The van der Waals surface area contributed by atoms with Gasteiger partial charge in [-0.2, -0.15) is 13.2 Å². The topological polar surface area (TPSA) is 81.1 Å². The minimum atomic E-state index is -4.65. The van der Waals surface area contributed by atoms with Crippen molar-refractivity contribution >= 4 is 11.6 Å². The molecule has 4 nitrogen and oxygen atoms in total. The smallest absolute Gasteiger partial charge is 0.378 e. The van der Waals surface area contributed by atoms with Crippen LogP contribution in [0.2, 0.25) is 0 Å². The fraction of sp³-hybridized carbons (Fsp3) is 0.500. The number of hydrogen-bond acceptors (Lipinski definition) is 3. The van der Waals surface area contributed by atoms with Gasteiger partial charge in [0.05, 0.1) is 11.1 Å². The molecule has 0 spiro atoms. The molecule has 0 bridgehead atoms. The zero-order chi connectivity index (χ0) is 16.4. The van der Waals surface area contributed by atoms with Crippen molar-refractivity contribution in [2.24, 2.45) is 17.4 Å². The molecule has 0 aromatic heterocycles. The number of rotatable bonds is 5. The van der Waals surface area contributed by atoms with E-state index < -0.39 is 28.7 Å². The highest BCUT2D eigenvalue weighted by Gasteiger charge is 2.35. The molecule has 0 aliphatic carbocycles. The Morgan fingerprint density at radius 3 is 2.29 bits per heavy atom. The average molecular weight is 303 g/mol. The molecule has 5 N–H and O–H groups in total. The molecule has 7 heteroatoms. The molecule has 1 rings (SSSR count). The second-order valence-corrected chi connectivity index (χ2v) is 5.52. The lowest BCUT2D eigenvalue weighted by molar-refractivity contribution is -0.137. The van der Waals surface area contributed by atoms with Crippen molar-refractivity contribution in [1.29, 1.82) is 0 Å². The highest BCUT2D eigenvalue weighted by Crippen LogP contribution is 2.34. The molecule has 1 atom stereocenters. The molecular formula is C14H20F3N3O. The number of halogens is 3. The minimum absolute atomic E-state index is 0.104. The Bertz CT molecular complexity index is 529. The number of primary amides is 1. The van der Waals surface area contributed by atoms with Gasteiger partial charge in [-0.05, 0) is 31.0 Å². The SMILES string of the molecule is CC(C)C(C)(CN)Nc1ccc(C(N)=O)c(C(F)(F)F)c1. The van der Waals surface area contributed by atoms with Crippen molar-refractivity contribution in [1.82, 2.24) is 0 Å². The van der Waals surface area contributed by atoms with Gasteiger partial charge in [-0.25, -0.2) is 0 Å². The van der Waals surface area contributed by atoms with Crippen LogP contribution in [-0.2, 0) is 6.18 Å². The van der Waals surface area contributed by atoms with Crippen LogP contribution < -0.4 is 16.8 Å². The quantitative estimate of drug-likeness (QED) is 0.782. The number of alkyl halides is 3.